The smallest absolute Gasteiger partial charge is 0.0978 e. The third-order valence-corrected chi connectivity index (χ3v) is 3.27. The van der Waals surface area contributed by atoms with Crippen LogP contribution in [0.3, 0.4) is 0 Å². The molecule has 0 saturated carbocycles. The molecule has 17 heavy (non-hydrogen) atoms. The lowest BCUT2D eigenvalue weighted by atomic mass is 10.0. The molecule has 1 heterocycles. The summed E-state index contributed by atoms with van der Waals surface area (Å²) in [5, 5.41) is 0.754. The summed E-state index contributed by atoms with van der Waals surface area (Å²) in [7, 11) is 0. The highest BCUT2D eigenvalue weighted by Crippen LogP contribution is 2.18. The first kappa shape index (κ1) is 12.8. The van der Waals surface area contributed by atoms with Crippen molar-refractivity contribution in [3.8, 4) is 0 Å². The first-order chi connectivity index (χ1) is 8.31. The molecule has 0 spiro atoms. The summed E-state index contributed by atoms with van der Waals surface area (Å²) in [5.41, 5.74) is 3.85. The predicted octanol–water partition coefficient (Wildman–Crippen LogP) is 1.13. The van der Waals surface area contributed by atoms with Crippen LogP contribution in [0.1, 0.15) is 5.56 Å². The Hall–Kier alpha value is -0.650. The van der Waals surface area contributed by atoms with Crippen molar-refractivity contribution in [1.82, 2.24) is 5.43 Å². The molecule has 1 fully saturated rings. The number of hydrazine groups is 1. The average Bonchev–Trinajstić information content (AvgIpc) is 2.39. The second-order valence-corrected chi connectivity index (χ2v) is 4.46. The highest BCUT2D eigenvalue weighted by molar-refractivity contribution is 6.31. The summed E-state index contributed by atoms with van der Waals surface area (Å²) in [6.45, 7) is 1.84. The number of hydrogen-bond donors (Lipinski definition) is 2. The van der Waals surface area contributed by atoms with Gasteiger partial charge in [-0.1, -0.05) is 29.8 Å². The predicted molar refractivity (Wildman–Crippen MR) is 66.8 cm³/mol. The van der Waals surface area contributed by atoms with Crippen LogP contribution in [0.15, 0.2) is 24.3 Å². The Morgan fingerprint density at radius 2 is 2.24 bits per heavy atom. The molecule has 2 rings (SSSR count). The summed E-state index contributed by atoms with van der Waals surface area (Å²) in [6.07, 6.45) is 0.703. The third-order valence-electron chi connectivity index (χ3n) is 2.90. The van der Waals surface area contributed by atoms with Crippen LogP contribution in [0.4, 0.5) is 0 Å². The minimum atomic E-state index is -0.0231. The zero-order valence-corrected chi connectivity index (χ0v) is 10.3. The highest BCUT2D eigenvalue weighted by Gasteiger charge is 2.24. The molecule has 0 radical (unpaired) electrons. The van der Waals surface area contributed by atoms with Gasteiger partial charge < -0.3 is 9.47 Å². The largest absolute Gasteiger partial charge is 0.376 e. The van der Waals surface area contributed by atoms with Gasteiger partial charge in [0.15, 0.2) is 0 Å². The molecule has 4 nitrogen and oxygen atoms in total. The molecule has 1 aromatic rings. The molecular formula is C12H17ClN2O2. The number of rotatable bonds is 4. The van der Waals surface area contributed by atoms with E-state index in [-0.39, 0.29) is 12.1 Å². The van der Waals surface area contributed by atoms with Crippen LogP contribution in [0, 0.1) is 0 Å². The van der Waals surface area contributed by atoms with Gasteiger partial charge in [0.25, 0.3) is 0 Å². The zero-order chi connectivity index (χ0) is 12.1. The standard InChI is InChI=1S/C12H17ClN2O2/c13-10-4-2-1-3-9(10)7-11(15-14)12-8-16-5-6-17-12/h1-4,11-12,15H,5-8,14H2. The third kappa shape index (κ3) is 3.40. The van der Waals surface area contributed by atoms with Crippen molar-refractivity contribution in [2.75, 3.05) is 19.8 Å². The van der Waals surface area contributed by atoms with Gasteiger partial charge in [-0.2, -0.15) is 0 Å². The van der Waals surface area contributed by atoms with E-state index in [0.29, 0.717) is 19.8 Å². The Morgan fingerprint density at radius 3 is 2.88 bits per heavy atom. The van der Waals surface area contributed by atoms with Crippen molar-refractivity contribution in [3.05, 3.63) is 34.9 Å². The maximum absolute atomic E-state index is 6.12. The minimum Gasteiger partial charge on any atom is -0.376 e. The van der Waals surface area contributed by atoms with E-state index in [4.69, 9.17) is 26.9 Å². The minimum absolute atomic E-state index is 0.00944. The maximum Gasteiger partial charge on any atom is 0.0978 e. The lowest BCUT2D eigenvalue weighted by Gasteiger charge is -2.30. The van der Waals surface area contributed by atoms with Crippen LogP contribution in [0.25, 0.3) is 0 Å². The normalized spacial score (nSPS) is 22.4. The second-order valence-electron chi connectivity index (χ2n) is 4.05. The number of nitrogens with one attached hydrogen (secondary N) is 1. The van der Waals surface area contributed by atoms with E-state index >= 15 is 0 Å². The number of benzene rings is 1. The summed E-state index contributed by atoms with van der Waals surface area (Å²) >= 11 is 6.12. The van der Waals surface area contributed by atoms with Gasteiger partial charge in [-0.25, -0.2) is 0 Å². The molecule has 3 N–H and O–H groups in total. The molecule has 94 valence electrons. The molecule has 0 amide bonds. The summed E-state index contributed by atoms with van der Waals surface area (Å²) in [5.74, 6) is 5.57. The quantitative estimate of drug-likeness (QED) is 0.626. The number of nitrogens with two attached hydrogens (primary N) is 1. The zero-order valence-electron chi connectivity index (χ0n) is 9.56. The van der Waals surface area contributed by atoms with Gasteiger partial charge in [0.2, 0.25) is 0 Å². The molecule has 1 aromatic carbocycles. The van der Waals surface area contributed by atoms with E-state index in [2.05, 4.69) is 5.43 Å². The molecule has 2 atom stereocenters. The first-order valence-corrected chi connectivity index (χ1v) is 6.08. The lowest BCUT2D eigenvalue weighted by Crippen LogP contribution is -2.50. The van der Waals surface area contributed by atoms with Gasteiger partial charge in [0.05, 0.1) is 32.0 Å². The molecule has 2 unspecified atom stereocenters. The summed E-state index contributed by atoms with van der Waals surface area (Å²) < 4.78 is 11.0. The summed E-state index contributed by atoms with van der Waals surface area (Å²) in [6, 6.07) is 7.76. The van der Waals surface area contributed by atoms with Gasteiger partial charge in [0, 0.05) is 5.02 Å². The average molecular weight is 257 g/mol. The van der Waals surface area contributed by atoms with Crippen LogP contribution < -0.4 is 11.3 Å². The van der Waals surface area contributed by atoms with Crippen LogP contribution in [-0.4, -0.2) is 32.0 Å². The molecule has 1 aliphatic rings. The van der Waals surface area contributed by atoms with Crippen molar-refractivity contribution >= 4 is 11.6 Å². The molecule has 5 heteroatoms. The van der Waals surface area contributed by atoms with Gasteiger partial charge in [-0.15, -0.1) is 0 Å². The SMILES string of the molecule is NNC(Cc1ccccc1Cl)C1COCCO1. The molecule has 0 aliphatic carbocycles. The van der Waals surface area contributed by atoms with Crippen LogP contribution in [-0.2, 0) is 15.9 Å². The van der Waals surface area contributed by atoms with Gasteiger partial charge in [-0.3, -0.25) is 11.3 Å². The number of hydrogen-bond acceptors (Lipinski definition) is 4. The molecule has 1 saturated heterocycles. The Kier molecular flexibility index (Phi) is 4.76. The van der Waals surface area contributed by atoms with Crippen molar-refractivity contribution in [3.63, 3.8) is 0 Å². The fourth-order valence-corrected chi connectivity index (χ4v) is 2.15. The Bertz CT molecular complexity index is 356. The Balaban J connectivity index is 2.01. The monoisotopic (exact) mass is 256 g/mol. The Morgan fingerprint density at radius 1 is 1.41 bits per heavy atom. The lowest BCUT2D eigenvalue weighted by molar-refractivity contribution is -0.101. The number of ether oxygens (including phenoxy) is 2. The number of halogens is 1. The van der Waals surface area contributed by atoms with Crippen LogP contribution >= 0.6 is 11.6 Å². The Labute approximate surface area is 106 Å². The fraction of sp³-hybridized carbons (Fsp3) is 0.500. The van der Waals surface area contributed by atoms with Crippen LogP contribution in [0.5, 0.6) is 0 Å². The topological polar surface area (TPSA) is 56.5 Å². The first-order valence-electron chi connectivity index (χ1n) is 5.70. The molecule has 1 aliphatic heterocycles. The fourth-order valence-electron chi connectivity index (χ4n) is 1.94. The van der Waals surface area contributed by atoms with E-state index in [0.717, 1.165) is 17.0 Å². The van der Waals surface area contributed by atoms with E-state index in [1.54, 1.807) is 0 Å². The summed E-state index contributed by atoms with van der Waals surface area (Å²) in [4.78, 5) is 0. The van der Waals surface area contributed by atoms with E-state index < -0.39 is 0 Å². The van der Waals surface area contributed by atoms with Crippen LogP contribution in [0.2, 0.25) is 5.02 Å². The highest BCUT2D eigenvalue weighted by atomic mass is 35.5. The van der Waals surface area contributed by atoms with Gasteiger partial charge >= 0.3 is 0 Å². The van der Waals surface area contributed by atoms with Crippen molar-refractivity contribution in [2.45, 2.75) is 18.6 Å². The molecular weight excluding hydrogens is 240 g/mol. The van der Waals surface area contributed by atoms with Crippen molar-refractivity contribution in [2.24, 2.45) is 5.84 Å². The second kappa shape index (κ2) is 6.33. The van der Waals surface area contributed by atoms with E-state index in [1.165, 1.54) is 0 Å². The van der Waals surface area contributed by atoms with Gasteiger partial charge in [-0.05, 0) is 18.1 Å². The maximum atomic E-state index is 6.12. The molecule has 0 bridgehead atoms. The van der Waals surface area contributed by atoms with Gasteiger partial charge in [0.1, 0.15) is 0 Å². The van der Waals surface area contributed by atoms with Crippen molar-refractivity contribution in [1.29, 1.82) is 0 Å². The van der Waals surface area contributed by atoms with E-state index in [9.17, 15) is 0 Å². The van der Waals surface area contributed by atoms with Crippen molar-refractivity contribution < 1.29 is 9.47 Å². The van der Waals surface area contributed by atoms with E-state index in [1.807, 2.05) is 24.3 Å². The molecule has 0 aromatic heterocycles.